The molecule has 21 heavy (non-hydrogen) atoms. The van der Waals surface area contributed by atoms with Crippen LogP contribution in [0.4, 0.5) is 0 Å². The van der Waals surface area contributed by atoms with Gasteiger partial charge in [-0.1, -0.05) is 29.3 Å². The molecular weight excluding hydrogens is 313 g/mol. The van der Waals surface area contributed by atoms with Gasteiger partial charge in [-0.05, 0) is 43.5 Å². The van der Waals surface area contributed by atoms with Gasteiger partial charge in [0.1, 0.15) is 0 Å². The zero-order chi connectivity index (χ0) is 15.8. The third-order valence-corrected chi connectivity index (χ3v) is 3.53. The first-order valence-electron chi connectivity index (χ1n) is 6.54. The summed E-state index contributed by atoms with van der Waals surface area (Å²) in [5.74, 6) is -1.06. The summed E-state index contributed by atoms with van der Waals surface area (Å²) in [5.41, 5.74) is 0.776. The molecule has 0 spiro atoms. The predicted octanol–water partition coefficient (Wildman–Crippen LogP) is 3.77. The van der Waals surface area contributed by atoms with Crippen LogP contribution in [0.15, 0.2) is 24.3 Å². The fourth-order valence-electron chi connectivity index (χ4n) is 1.71. The van der Waals surface area contributed by atoms with Gasteiger partial charge in [0.2, 0.25) is 5.91 Å². The maximum atomic E-state index is 11.7. The second-order valence-corrected chi connectivity index (χ2v) is 5.52. The number of hydrogen-bond acceptors (Lipinski definition) is 2. The molecular formula is C15H17Cl2NO3. The third-order valence-electron chi connectivity index (χ3n) is 2.79. The van der Waals surface area contributed by atoms with Crippen LogP contribution in [-0.2, 0) is 9.59 Å². The highest BCUT2D eigenvalue weighted by Crippen LogP contribution is 2.23. The number of nitrogens with one attached hydrogen (secondary N) is 1. The van der Waals surface area contributed by atoms with Gasteiger partial charge in [-0.3, -0.25) is 9.59 Å². The summed E-state index contributed by atoms with van der Waals surface area (Å²) in [6.07, 6.45) is 4.32. The van der Waals surface area contributed by atoms with Crippen LogP contribution in [0.2, 0.25) is 10.0 Å². The molecule has 0 bridgehead atoms. The van der Waals surface area contributed by atoms with Gasteiger partial charge < -0.3 is 10.4 Å². The molecule has 0 aromatic heterocycles. The maximum absolute atomic E-state index is 11.7. The van der Waals surface area contributed by atoms with Crippen LogP contribution < -0.4 is 5.32 Å². The number of amides is 1. The molecule has 0 radical (unpaired) electrons. The minimum absolute atomic E-state index is 0.0738. The highest BCUT2D eigenvalue weighted by molar-refractivity contribution is 6.42. The normalized spacial score (nSPS) is 12.3. The van der Waals surface area contributed by atoms with Gasteiger partial charge in [0.05, 0.1) is 10.0 Å². The lowest BCUT2D eigenvalue weighted by Crippen LogP contribution is -2.31. The van der Waals surface area contributed by atoms with Crippen molar-refractivity contribution in [3.05, 3.63) is 39.9 Å². The Hall–Kier alpha value is -1.52. The van der Waals surface area contributed by atoms with Crippen molar-refractivity contribution in [2.75, 3.05) is 0 Å². The Morgan fingerprint density at radius 1 is 1.33 bits per heavy atom. The first kappa shape index (κ1) is 17.5. The van der Waals surface area contributed by atoms with E-state index < -0.39 is 5.97 Å². The van der Waals surface area contributed by atoms with Gasteiger partial charge in [-0.25, -0.2) is 0 Å². The zero-order valence-corrected chi connectivity index (χ0v) is 13.1. The van der Waals surface area contributed by atoms with Crippen molar-refractivity contribution in [1.82, 2.24) is 5.32 Å². The van der Waals surface area contributed by atoms with Crippen molar-refractivity contribution in [2.24, 2.45) is 0 Å². The first-order chi connectivity index (χ1) is 9.88. The minimum atomic E-state index is -0.826. The summed E-state index contributed by atoms with van der Waals surface area (Å²) < 4.78 is 0. The Morgan fingerprint density at radius 2 is 2.05 bits per heavy atom. The average molecular weight is 330 g/mol. The van der Waals surface area contributed by atoms with Crippen molar-refractivity contribution in [1.29, 1.82) is 0 Å². The van der Waals surface area contributed by atoms with Crippen LogP contribution in [0.25, 0.3) is 6.08 Å². The van der Waals surface area contributed by atoms with E-state index in [1.54, 1.807) is 24.3 Å². The average Bonchev–Trinajstić information content (AvgIpc) is 2.39. The molecule has 1 aromatic rings. The number of halogens is 2. The predicted molar refractivity (Wildman–Crippen MR) is 84.6 cm³/mol. The van der Waals surface area contributed by atoms with Crippen LogP contribution in [-0.4, -0.2) is 23.0 Å². The third kappa shape index (κ3) is 7.16. The van der Waals surface area contributed by atoms with Gasteiger partial charge in [0.15, 0.2) is 0 Å². The molecule has 2 N–H and O–H groups in total. The van der Waals surface area contributed by atoms with Crippen molar-refractivity contribution in [3.63, 3.8) is 0 Å². The fourth-order valence-corrected chi connectivity index (χ4v) is 2.02. The van der Waals surface area contributed by atoms with E-state index in [0.29, 0.717) is 22.9 Å². The van der Waals surface area contributed by atoms with Crippen molar-refractivity contribution in [3.8, 4) is 0 Å². The lowest BCUT2D eigenvalue weighted by molar-refractivity contribution is -0.137. The second kappa shape index (κ2) is 8.70. The first-order valence-corrected chi connectivity index (χ1v) is 7.29. The Labute approximate surface area is 133 Å². The van der Waals surface area contributed by atoms with Crippen molar-refractivity contribution >= 4 is 41.2 Å². The van der Waals surface area contributed by atoms with Crippen molar-refractivity contribution in [2.45, 2.75) is 32.2 Å². The number of carbonyl (C=O) groups is 2. The summed E-state index contributed by atoms with van der Waals surface area (Å²) in [6.45, 7) is 1.84. The van der Waals surface area contributed by atoms with Crippen molar-refractivity contribution < 1.29 is 14.7 Å². The van der Waals surface area contributed by atoms with E-state index in [9.17, 15) is 9.59 Å². The molecule has 1 unspecified atom stereocenters. The molecule has 0 heterocycles. The molecule has 6 heteroatoms. The maximum Gasteiger partial charge on any atom is 0.303 e. The molecule has 1 aromatic carbocycles. The number of carboxylic acids is 1. The molecule has 114 valence electrons. The summed E-state index contributed by atoms with van der Waals surface area (Å²) in [4.78, 5) is 22.1. The number of rotatable bonds is 7. The lowest BCUT2D eigenvalue weighted by Gasteiger charge is -2.11. The van der Waals surface area contributed by atoms with Gasteiger partial charge in [0, 0.05) is 18.5 Å². The summed E-state index contributed by atoms with van der Waals surface area (Å²) in [5, 5.41) is 12.2. The largest absolute Gasteiger partial charge is 0.481 e. The Bertz CT molecular complexity index is 544. The van der Waals surface area contributed by atoms with Gasteiger partial charge in [-0.15, -0.1) is 0 Å². The molecule has 0 saturated heterocycles. The van der Waals surface area contributed by atoms with E-state index in [-0.39, 0.29) is 18.4 Å². The van der Waals surface area contributed by atoms with E-state index in [0.717, 1.165) is 5.56 Å². The van der Waals surface area contributed by atoms with Crippen LogP contribution in [0.5, 0.6) is 0 Å². The smallest absolute Gasteiger partial charge is 0.303 e. The molecule has 4 nitrogen and oxygen atoms in total. The van der Waals surface area contributed by atoms with E-state index >= 15 is 0 Å². The van der Waals surface area contributed by atoms with E-state index in [1.165, 1.54) is 6.08 Å². The summed E-state index contributed by atoms with van der Waals surface area (Å²) >= 11 is 11.7. The topological polar surface area (TPSA) is 66.4 Å². The van der Waals surface area contributed by atoms with Crippen LogP contribution >= 0.6 is 23.2 Å². The van der Waals surface area contributed by atoms with Crippen LogP contribution in [0.1, 0.15) is 31.7 Å². The number of aliphatic carboxylic acids is 1. The highest BCUT2D eigenvalue weighted by Gasteiger charge is 2.06. The Morgan fingerprint density at radius 3 is 2.67 bits per heavy atom. The number of benzene rings is 1. The quantitative estimate of drug-likeness (QED) is 0.748. The zero-order valence-electron chi connectivity index (χ0n) is 11.6. The van der Waals surface area contributed by atoms with Crippen LogP contribution in [0, 0.1) is 0 Å². The van der Waals surface area contributed by atoms with E-state index in [1.807, 2.05) is 6.92 Å². The molecule has 0 fully saturated rings. The molecule has 0 aliphatic carbocycles. The number of hydrogen-bond donors (Lipinski definition) is 2. The molecule has 1 amide bonds. The number of carbonyl (C=O) groups excluding carboxylic acids is 1. The van der Waals surface area contributed by atoms with E-state index in [2.05, 4.69) is 5.32 Å². The lowest BCUT2D eigenvalue weighted by atomic mass is 10.1. The highest BCUT2D eigenvalue weighted by atomic mass is 35.5. The number of carboxylic acid groups (broad SMARTS) is 1. The van der Waals surface area contributed by atoms with Gasteiger partial charge >= 0.3 is 5.97 Å². The molecule has 0 saturated carbocycles. The standard InChI is InChI=1S/C15H17Cl2NO3/c1-10(3-2-4-15(20)21)18-14(19)8-6-11-5-7-12(16)13(17)9-11/h5-10H,2-4H2,1H3,(H,18,19)(H,20,21)/b8-6+. The summed E-state index contributed by atoms with van der Waals surface area (Å²) in [6, 6.07) is 5.02. The minimum Gasteiger partial charge on any atom is -0.481 e. The van der Waals surface area contributed by atoms with Gasteiger partial charge in [-0.2, -0.15) is 0 Å². The monoisotopic (exact) mass is 329 g/mol. The summed E-state index contributed by atoms with van der Waals surface area (Å²) in [7, 11) is 0. The molecule has 0 aliphatic heterocycles. The Balaban J connectivity index is 2.43. The van der Waals surface area contributed by atoms with Crippen LogP contribution in [0.3, 0.4) is 0 Å². The van der Waals surface area contributed by atoms with E-state index in [4.69, 9.17) is 28.3 Å². The SMILES string of the molecule is CC(CCCC(=O)O)NC(=O)/C=C/c1ccc(Cl)c(Cl)c1. The Kier molecular flexibility index (Phi) is 7.26. The van der Waals surface area contributed by atoms with Gasteiger partial charge in [0.25, 0.3) is 0 Å². The second-order valence-electron chi connectivity index (χ2n) is 4.70. The molecule has 0 aliphatic rings. The fraction of sp³-hybridized carbons (Fsp3) is 0.333. The molecule has 1 atom stereocenters. The molecule has 1 rings (SSSR count).